The molecule has 0 saturated heterocycles. The van der Waals surface area contributed by atoms with Crippen molar-refractivity contribution in [3.8, 4) is 11.4 Å². The molecule has 7 nitrogen and oxygen atoms in total. The Bertz CT molecular complexity index is 909. The number of rotatable bonds is 7. The summed E-state index contributed by atoms with van der Waals surface area (Å²) in [6.07, 6.45) is 0.436. The summed E-state index contributed by atoms with van der Waals surface area (Å²) in [6, 6.07) is 7.29. The van der Waals surface area contributed by atoms with Crippen molar-refractivity contribution in [2.75, 3.05) is 18.9 Å². The van der Waals surface area contributed by atoms with Crippen LogP contribution in [0.2, 0.25) is 0 Å². The maximum absolute atomic E-state index is 12.9. The van der Waals surface area contributed by atoms with Crippen molar-refractivity contribution in [1.29, 1.82) is 0 Å². The predicted molar refractivity (Wildman–Crippen MR) is 98.6 cm³/mol. The number of hydrogen-bond donors (Lipinski definition) is 1. The highest BCUT2D eigenvalue weighted by atomic mass is 32.1. The normalized spacial score (nSPS) is 10.6. The van der Waals surface area contributed by atoms with Crippen LogP contribution in [0.5, 0.6) is 0 Å². The first kappa shape index (κ1) is 18.7. The molecular weight excluding hydrogens is 371 g/mol. The molecule has 2 heterocycles. The van der Waals surface area contributed by atoms with Gasteiger partial charge in [-0.25, -0.2) is 4.39 Å². The van der Waals surface area contributed by atoms with Gasteiger partial charge in [-0.1, -0.05) is 5.16 Å². The van der Waals surface area contributed by atoms with Crippen molar-refractivity contribution in [2.24, 2.45) is 0 Å². The summed E-state index contributed by atoms with van der Waals surface area (Å²) in [4.78, 5) is 29.7. The number of amides is 2. The molecule has 9 heteroatoms. The maximum Gasteiger partial charge on any atom is 0.243 e. The van der Waals surface area contributed by atoms with E-state index in [1.54, 1.807) is 0 Å². The van der Waals surface area contributed by atoms with E-state index in [1.165, 1.54) is 47.5 Å². The van der Waals surface area contributed by atoms with Gasteiger partial charge in [-0.15, -0.1) is 0 Å². The molecular formula is C18H17FN4O3S. The standard InChI is InChI=1S/C18H17FN4O3S/c1-23(10-15(24)20-14-4-2-13(19)3-5-14)17(25)7-6-16-21-18(22-26-16)12-8-9-27-11-12/h2-5,8-9,11H,6-7,10H2,1H3,(H,20,24). The summed E-state index contributed by atoms with van der Waals surface area (Å²) in [5.41, 5.74) is 1.34. The molecule has 2 amide bonds. The number of carbonyl (C=O) groups is 2. The van der Waals surface area contributed by atoms with Crippen molar-refractivity contribution in [3.05, 3.63) is 52.8 Å². The number of halogens is 1. The van der Waals surface area contributed by atoms with Crippen LogP contribution in [-0.4, -0.2) is 40.4 Å². The van der Waals surface area contributed by atoms with Crippen LogP contribution in [0.3, 0.4) is 0 Å². The van der Waals surface area contributed by atoms with E-state index in [1.807, 2.05) is 16.8 Å². The summed E-state index contributed by atoms with van der Waals surface area (Å²) in [6.45, 7) is -0.111. The Morgan fingerprint density at radius 1 is 1.26 bits per heavy atom. The first-order chi connectivity index (χ1) is 13.0. The average molecular weight is 388 g/mol. The molecule has 0 saturated carbocycles. The van der Waals surface area contributed by atoms with E-state index in [4.69, 9.17) is 4.52 Å². The van der Waals surface area contributed by atoms with Gasteiger partial charge in [0.05, 0.1) is 6.54 Å². The number of carbonyl (C=O) groups excluding carboxylic acids is 2. The zero-order chi connectivity index (χ0) is 19.2. The third-order valence-corrected chi connectivity index (χ3v) is 4.42. The molecule has 0 fully saturated rings. The van der Waals surface area contributed by atoms with Crippen LogP contribution < -0.4 is 5.32 Å². The van der Waals surface area contributed by atoms with Crippen molar-refractivity contribution >= 4 is 28.8 Å². The molecule has 0 bridgehead atoms. The Hall–Kier alpha value is -3.07. The molecule has 2 aromatic heterocycles. The van der Waals surface area contributed by atoms with E-state index >= 15 is 0 Å². The van der Waals surface area contributed by atoms with Crippen molar-refractivity contribution in [2.45, 2.75) is 12.8 Å². The molecule has 0 aliphatic heterocycles. The van der Waals surface area contributed by atoms with Crippen molar-refractivity contribution in [1.82, 2.24) is 15.0 Å². The molecule has 0 aliphatic rings. The van der Waals surface area contributed by atoms with Crippen LogP contribution in [0.4, 0.5) is 10.1 Å². The van der Waals surface area contributed by atoms with Gasteiger partial charge in [0.15, 0.2) is 0 Å². The Balaban J connectivity index is 1.46. The van der Waals surface area contributed by atoms with E-state index in [-0.39, 0.29) is 30.6 Å². The zero-order valence-corrected chi connectivity index (χ0v) is 15.3. The smallest absolute Gasteiger partial charge is 0.243 e. The highest BCUT2D eigenvalue weighted by molar-refractivity contribution is 7.08. The summed E-state index contributed by atoms with van der Waals surface area (Å²) >= 11 is 1.53. The summed E-state index contributed by atoms with van der Waals surface area (Å²) in [5, 5.41) is 10.3. The quantitative estimate of drug-likeness (QED) is 0.672. The lowest BCUT2D eigenvalue weighted by Crippen LogP contribution is -2.35. The van der Waals surface area contributed by atoms with Gasteiger partial charge in [0, 0.05) is 36.5 Å². The molecule has 0 atom stereocenters. The number of aromatic nitrogens is 2. The van der Waals surface area contributed by atoms with Crippen LogP contribution in [0.25, 0.3) is 11.4 Å². The molecule has 27 heavy (non-hydrogen) atoms. The molecule has 3 aromatic rings. The summed E-state index contributed by atoms with van der Waals surface area (Å²) in [7, 11) is 1.54. The van der Waals surface area contributed by atoms with Gasteiger partial charge >= 0.3 is 0 Å². The van der Waals surface area contributed by atoms with Gasteiger partial charge in [-0.05, 0) is 35.7 Å². The Morgan fingerprint density at radius 3 is 2.74 bits per heavy atom. The SMILES string of the molecule is CN(CC(=O)Nc1ccc(F)cc1)C(=O)CCc1nc(-c2ccsc2)no1. The van der Waals surface area contributed by atoms with Gasteiger partial charge in [-0.3, -0.25) is 9.59 Å². The minimum Gasteiger partial charge on any atom is -0.339 e. The number of nitrogens with one attached hydrogen (secondary N) is 1. The van der Waals surface area contributed by atoms with Crippen LogP contribution in [0.15, 0.2) is 45.6 Å². The lowest BCUT2D eigenvalue weighted by Gasteiger charge is -2.16. The summed E-state index contributed by atoms with van der Waals surface area (Å²) in [5.74, 6) is -0.113. The maximum atomic E-state index is 12.9. The highest BCUT2D eigenvalue weighted by Crippen LogP contribution is 2.19. The third-order valence-electron chi connectivity index (χ3n) is 3.73. The molecule has 1 aromatic carbocycles. The first-order valence-electron chi connectivity index (χ1n) is 8.16. The van der Waals surface area contributed by atoms with Gasteiger partial charge in [0.2, 0.25) is 23.5 Å². The molecule has 0 spiro atoms. The fourth-order valence-electron chi connectivity index (χ4n) is 2.31. The van der Waals surface area contributed by atoms with Crippen molar-refractivity contribution < 1.29 is 18.5 Å². The fraction of sp³-hybridized carbons (Fsp3) is 0.222. The van der Waals surface area contributed by atoms with E-state index in [0.717, 1.165) is 5.56 Å². The van der Waals surface area contributed by atoms with Gasteiger partial charge < -0.3 is 14.7 Å². The van der Waals surface area contributed by atoms with Crippen LogP contribution in [-0.2, 0) is 16.0 Å². The number of hydrogen-bond acceptors (Lipinski definition) is 6. The number of thiophene rings is 1. The number of likely N-dealkylation sites (N-methyl/N-ethyl adjacent to an activating group) is 1. The molecule has 0 radical (unpaired) electrons. The van der Waals surface area contributed by atoms with Gasteiger partial charge in [0.1, 0.15) is 5.82 Å². The predicted octanol–water partition coefficient (Wildman–Crippen LogP) is 2.97. The van der Waals surface area contributed by atoms with Gasteiger partial charge in [-0.2, -0.15) is 16.3 Å². The lowest BCUT2D eigenvalue weighted by molar-refractivity contribution is -0.133. The number of anilines is 1. The topological polar surface area (TPSA) is 88.3 Å². The second-order valence-corrected chi connectivity index (χ2v) is 6.61. The van der Waals surface area contributed by atoms with Crippen LogP contribution in [0.1, 0.15) is 12.3 Å². The Labute approximate surface area is 158 Å². The average Bonchev–Trinajstić information content (AvgIpc) is 3.33. The van der Waals surface area contributed by atoms with Crippen LogP contribution in [0, 0.1) is 5.82 Å². The first-order valence-corrected chi connectivity index (χ1v) is 9.10. The summed E-state index contributed by atoms with van der Waals surface area (Å²) < 4.78 is 18.0. The molecule has 1 N–H and O–H groups in total. The second-order valence-electron chi connectivity index (χ2n) is 5.83. The van der Waals surface area contributed by atoms with Gasteiger partial charge in [0.25, 0.3) is 0 Å². The monoisotopic (exact) mass is 388 g/mol. The molecule has 0 aliphatic carbocycles. The second kappa shape index (κ2) is 8.54. The van der Waals surface area contributed by atoms with E-state index in [0.29, 0.717) is 23.8 Å². The van der Waals surface area contributed by atoms with E-state index in [2.05, 4.69) is 15.5 Å². The number of aryl methyl sites for hydroxylation is 1. The minimum atomic E-state index is -0.386. The largest absolute Gasteiger partial charge is 0.339 e. The molecule has 140 valence electrons. The lowest BCUT2D eigenvalue weighted by atomic mass is 10.2. The van der Waals surface area contributed by atoms with Crippen molar-refractivity contribution in [3.63, 3.8) is 0 Å². The molecule has 3 rings (SSSR count). The molecule has 0 unspecified atom stereocenters. The Morgan fingerprint density at radius 2 is 2.04 bits per heavy atom. The Kier molecular flexibility index (Phi) is 5.92. The third kappa shape index (κ3) is 5.20. The van der Waals surface area contributed by atoms with E-state index in [9.17, 15) is 14.0 Å². The van der Waals surface area contributed by atoms with Crippen LogP contribution >= 0.6 is 11.3 Å². The number of nitrogens with zero attached hydrogens (tertiary/aromatic N) is 3. The zero-order valence-electron chi connectivity index (χ0n) is 14.5. The number of benzene rings is 1. The van der Waals surface area contributed by atoms with E-state index < -0.39 is 0 Å². The minimum absolute atomic E-state index is 0.111. The fourth-order valence-corrected chi connectivity index (χ4v) is 2.94. The highest BCUT2D eigenvalue weighted by Gasteiger charge is 2.16.